The summed E-state index contributed by atoms with van der Waals surface area (Å²) in [5.41, 5.74) is 12.0. The minimum absolute atomic E-state index is 0.127. The number of fused-ring (bicyclic) bond motifs is 1. The fraction of sp³-hybridized carbons (Fsp3) is 0.370. The van der Waals surface area contributed by atoms with Gasteiger partial charge in [-0.15, -0.1) is 0 Å². The van der Waals surface area contributed by atoms with Crippen molar-refractivity contribution < 1.29 is 4.39 Å². The number of rotatable bonds is 7. The monoisotopic (exact) mass is 509 g/mol. The van der Waals surface area contributed by atoms with Gasteiger partial charge in [-0.05, 0) is 37.0 Å². The van der Waals surface area contributed by atoms with E-state index >= 15 is 0 Å². The van der Waals surface area contributed by atoms with E-state index in [0.717, 1.165) is 51.3 Å². The molecule has 1 atom stereocenters. The number of aliphatic imine (C=N–C) groups is 2. The molecule has 1 aromatic heterocycles. The van der Waals surface area contributed by atoms with Crippen LogP contribution in [0.2, 0.25) is 5.02 Å². The molecule has 9 heteroatoms. The summed E-state index contributed by atoms with van der Waals surface area (Å²) in [6, 6.07) is 1.77. The number of dihydropyridines is 1. The number of nitrogens with one attached hydrogen (secondary N) is 1. The van der Waals surface area contributed by atoms with Crippen LogP contribution in [0.1, 0.15) is 36.9 Å². The first-order valence-electron chi connectivity index (χ1n) is 12.1. The Morgan fingerprint density at radius 2 is 1.94 bits per heavy atom. The van der Waals surface area contributed by atoms with Crippen LogP contribution in [0.4, 0.5) is 4.39 Å². The van der Waals surface area contributed by atoms with Crippen molar-refractivity contribution in [2.24, 2.45) is 15.7 Å². The van der Waals surface area contributed by atoms with Crippen LogP contribution in [0.25, 0.3) is 10.9 Å². The second-order valence-electron chi connectivity index (χ2n) is 9.06. The molecule has 0 spiro atoms. The smallest absolute Gasteiger partial charge is 0.138 e. The summed E-state index contributed by atoms with van der Waals surface area (Å²) in [5.74, 6) is 0.309. The fourth-order valence-corrected chi connectivity index (χ4v) is 4.94. The molecule has 0 amide bonds. The Morgan fingerprint density at radius 1 is 1.25 bits per heavy atom. The van der Waals surface area contributed by atoms with Gasteiger partial charge in [0.15, 0.2) is 0 Å². The van der Waals surface area contributed by atoms with Crippen LogP contribution in [-0.2, 0) is 0 Å². The maximum absolute atomic E-state index is 13.6. The first kappa shape index (κ1) is 25.9. The molecule has 0 radical (unpaired) electrons. The number of hydrogen-bond donors (Lipinski definition) is 2. The lowest BCUT2D eigenvalue weighted by Crippen LogP contribution is -2.49. The van der Waals surface area contributed by atoms with Gasteiger partial charge in [0.05, 0.1) is 29.2 Å². The van der Waals surface area contributed by atoms with Crippen LogP contribution in [-0.4, -0.2) is 64.3 Å². The summed E-state index contributed by atoms with van der Waals surface area (Å²) >= 11 is 6.54. The zero-order valence-corrected chi connectivity index (χ0v) is 21.7. The molecule has 1 unspecified atom stereocenters. The molecule has 2 aromatic rings. The summed E-state index contributed by atoms with van der Waals surface area (Å²) in [5, 5.41) is 8.91. The fourth-order valence-electron chi connectivity index (χ4n) is 4.73. The van der Waals surface area contributed by atoms with Crippen molar-refractivity contribution in [1.82, 2.24) is 20.0 Å². The standard InChI is InChI=1S/C27H33ClFN7/c1-6-16(2)32-27(36-11-9-35(10-12-36)19(5)18(4)29)20-7-8-23(33-25(20)14-30)26-17(3)22(28)13-24-21(26)15-31-34-24/h7,13,15,23H,2,4-6,8-12,14,30H2,1,3H3,(H,31,34)/b32-27+. The lowest BCUT2D eigenvalue weighted by molar-refractivity contribution is 0.221. The molecule has 4 rings (SSSR count). The lowest BCUT2D eigenvalue weighted by atomic mass is 9.91. The first-order chi connectivity index (χ1) is 17.2. The Kier molecular flexibility index (Phi) is 7.76. The lowest BCUT2D eigenvalue weighted by Gasteiger charge is -2.39. The summed E-state index contributed by atoms with van der Waals surface area (Å²) in [7, 11) is 0. The predicted molar refractivity (Wildman–Crippen MR) is 147 cm³/mol. The molecule has 0 bridgehead atoms. The molecule has 3 heterocycles. The summed E-state index contributed by atoms with van der Waals surface area (Å²) in [4.78, 5) is 14.1. The van der Waals surface area contributed by atoms with Gasteiger partial charge in [0, 0.05) is 54.4 Å². The van der Waals surface area contributed by atoms with Gasteiger partial charge in [0.25, 0.3) is 0 Å². The number of aromatic nitrogens is 2. The maximum atomic E-state index is 13.6. The highest BCUT2D eigenvalue weighted by atomic mass is 35.5. The van der Waals surface area contributed by atoms with Gasteiger partial charge in [-0.1, -0.05) is 44.3 Å². The molecule has 0 aliphatic carbocycles. The van der Waals surface area contributed by atoms with Crippen LogP contribution < -0.4 is 5.73 Å². The molecular formula is C27H33ClFN7. The molecule has 7 nitrogen and oxygen atoms in total. The highest BCUT2D eigenvalue weighted by molar-refractivity contribution is 6.32. The quantitative estimate of drug-likeness (QED) is 0.304. The molecular weight excluding hydrogens is 477 g/mol. The number of piperazine rings is 1. The Morgan fingerprint density at radius 3 is 2.58 bits per heavy atom. The van der Waals surface area contributed by atoms with Gasteiger partial charge in [-0.3, -0.25) is 10.1 Å². The zero-order chi connectivity index (χ0) is 26.0. The minimum Gasteiger partial charge on any atom is -0.366 e. The van der Waals surface area contributed by atoms with Gasteiger partial charge in [-0.2, -0.15) is 5.10 Å². The summed E-state index contributed by atoms with van der Waals surface area (Å²) in [6.45, 7) is 18.2. The number of benzene rings is 1. The van der Waals surface area contributed by atoms with Crippen LogP contribution in [0.15, 0.2) is 70.9 Å². The topological polar surface area (TPSA) is 85.9 Å². The van der Waals surface area contributed by atoms with Crippen molar-refractivity contribution in [3.63, 3.8) is 0 Å². The second-order valence-corrected chi connectivity index (χ2v) is 9.47. The Labute approximate surface area is 216 Å². The van der Waals surface area contributed by atoms with Crippen molar-refractivity contribution in [2.45, 2.75) is 32.7 Å². The molecule has 2 aliphatic rings. The minimum atomic E-state index is -0.502. The van der Waals surface area contributed by atoms with E-state index in [9.17, 15) is 4.39 Å². The Hall–Kier alpha value is -3.23. The van der Waals surface area contributed by atoms with E-state index in [4.69, 9.17) is 27.3 Å². The molecule has 3 N–H and O–H groups in total. The highest BCUT2D eigenvalue weighted by Gasteiger charge is 2.29. The van der Waals surface area contributed by atoms with Crippen LogP contribution in [0.3, 0.4) is 0 Å². The second kappa shape index (κ2) is 10.8. The molecule has 1 saturated heterocycles. The number of hydrogen-bond acceptors (Lipinski definition) is 5. The van der Waals surface area contributed by atoms with Gasteiger partial charge < -0.3 is 15.5 Å². The molecule has 1 fully saturated rings. The highest BCUT2D eigenvalue weighted by Crippen LogP contribution is 2.38. The third-order valence-corrected chi connectivity index (χ3v) is 7.27. The first-order valence-corrected chi connectivity index (χ1v) is 12.5. The van der Waals surface area contributed by atoms with Crippen LogP contribution in [0.5, 0.6) is 0 Å². The summed E-state index contributed by atoms with van der Waals surface area (Å²) in [6.07, 6.45) is 5.40. The van der Waals surface area contributed by atoms with E-state index in [0.29, 0.717) is 43.3 Å². The Bertz CT molecular complexity index is 1290. The third kappa shape index (κ3) is 5.01. The number of aromatic amines is 1. The van der Waals surface area contributed by atoms with E-state index in [2.05, 4.69) is 40.9 Å². The SMILES string of the molecule is C=C(CC)/N=C(\C1=CCC(c2c(C)c(Cl)cc3[nH]ncc23)N=C1CN)N1CCN(C(=C)C(=C)F)CC1. The van der Waals surface area contributed by atoms with E-state index in [1.807, 2.05) is 31.0 Å². The number of nitrogens with two attached hydrogens (primary N) is 1. The van der Waals surface area contributed by atoms with Crippen molar-refractivity contribution in [1.29, 1.82) is 0 Å². The average molecular weight is 510 g/mol. The normalized spacial score (nSPS) is 18.8. The van der Waals surface area contributed by atoms with E-state index in [-0.39, 0.29) is 12.6 Å². The number of H-pyrrole nitrogens is 1. The van der Waals surface area contributed by atoms with Gasteiger partial charge >= 0.3 is 0 Å². The van der Waals surface area contributed by atoms with Crippen molar-refractivity contribution in [2.75, 3.05) is 32.7 Å². The van der Waals surface area contributed by atoms with Gasteiger partial charge in [-0.25, -0.2) is 9.38 Å². The number of nitrogens with zero attached hydrogens (tertiary/aromatic N) is 5. The predicted octanol–water partition coefficient (Wildman–Crippen LogP) is 5.23. The van der Waals surface area contributed by atoms with Gasteiger partial charge in [0.2, 0.25) is 0 Å². The number of halogens is 2. The zero-order valence-electron chi connectivity index (χ0n) is 20.9. The van der Waals surface area contributed by atoms with Crippen molar-refractivity contribution in [3.05, 3.63) is 77.0 Å². The molecule has 1 aromatic carbocycles. The maximum Gasteiger partial charge on any atom is 0.138 e. The van der Waals surface area contributed by atoms with Gasteiger partial charge in [0.1, 0.15) is 11.7 Å². The van der Waals surface area contributed by atoms with E-state index < -0.39 is 5.83 Å². The summed E-state index contributed by atoms with van der Waals surface area (Å²) < 4.78 is 13.6. The Balaban J connectivity index is 1.66. The number of allylic oxidation sites excluding steroid dienone is 2. The third-order valence-electron chi connectivity index (χ3n) is 6.87. The molecule has 36 heavy (non-hydrogen) atoms. The van der Waals surface area contributed by atoms with Crippen LogP contribution in [0, 0.1) is 6.92 Å². The number of amidine groups is 1. The van der Waals surface area contributed by atoms with E-state index in [1.165, 1.54) is 0 Å². The van der Waals surface area contributed by atoms with Crippen molar-refractivity contribution >= 4 is 34.1 Å². The molecule has 190 valence electrons. The molecule has 2 aliphatic heterocycles. The van der Waals surface area contributed by atoms with Crippen LogP contribution >= 0.6 is 11.6 Å². The largest absolute Gasteiger partial charge is 0.366 e. The molecule has 0 saturated carbocycles. The average Bonchev–Trinajstić information content (AvgIpc) is 3.34. The van der Waals surface area contributed by atoms with Crippen molar-refractivity contribution in [3.8, 4) is 0 Å². The van der Waals surface area contributed by atoms with E-state index in [1.54, 1.807) is 0 Å².